The summed E-state index contributed by atoms with van der Waals surface area (Å²) >= 11 is 0. The third-order valence-corrected chi connectivity index (χ3v) is 5.35. The second-order valence-electron chi connectivity index (χ2n) is 6.39. The van der Waals surface area contributed by atoms with E-state index in [1.54, 1.807) is 0 Å². The van der Waals surface area contributed by atoms with E-state index in [1.165, 1.54) is 6.26 Å². The Morgan fingerprint density at radius 2 is 1.91 bits per heavy atom. The first-order chi connectivity index (χ1) is 10.7. The second-order valence-corrected chi connectivity index (χ2v) is 8.22. The smallest absolute Gasteiger partial charge is 0.255 e. The molecule has 1 aromatic heterocycles. The van der Waals surface area contributed by atoms with Crippen molar-refractivity contribution >= 4 is 15.9 Å². The lowest BCUT2D eigenvalue weighted by molar-refractivity contribution is 0.0691. The number of hydrogen-bond acceptors (Lipinski definition) is 3. The van der Waals surface area contributed by atoms with E-state index in [4.69, 9.17) is 0 Å². The van der Waals surface area contributed by atoms with E-state index in [-0.39, 0.29) is 5.91 Å². The number of hydrogen-bond donors (Lipinski definition) is 1. The van der Waals surface area contributed by atoms with Crippen LogP contribution in [0.4, 0.5) is 0 Å². The van der Waals surface area contributed by atoms with Gasteiger partial charge in [-0.15, -0.1) is 0 Å². The molecule has 0 bridgehead atoms. The van der Waals surface area contributed by atoms with Crippen molar-refractivity contribution in [2.45, 2.75) is 40.2 Å². The van der Waals surface area contributed by atoms with Crippen LogP contribution in [0.5, 0.6) is 0 Å². The van der Waals surface area contributed by atoms with Gasteiger partial charge in [-0.2, -0.15) is 0 Å². The van der Waals surface area contributed by atoms with Gasteiger partial charge in [-0.25, -0.2) is 13.1 Å². The molecule has 0 saturated carbocycles. The minimum Gasteiger partial charge on any atom is -0.349 e. The van der Waals surface area contributed by atoms with Gasteiger partial charge in [-0.1, -0.05) is 0 Å². The largest absolute Gasteiger partial charge is 0.349 e. The molecule has 0 aliphatic carbocycles. The maximum atomic E-state index is 12.7. The summed E-state index contributed by atoms with van der Waals surface area (Å²) in [4.78, 5) is 14.6. The van der Waals surface area contributed by atoms with Gasteiger partial charge >= 0.3 is 0 Å². The molecule has 6 nitrogen and oxygen atoms in total. The molecule has 1 saturated heterocycles. The first-order valence-electron chi connectivity index (χ1n) is 8.13. The van der Waals surface area contributed by atoms with Crippen molar-refractivity contribution in [3.63, 3.8) is 0 Å². The summed E-state index contributed by atoms with van der Waals surface area (Å²) in [5.74, 6) is 0.393. The van der Waals surface area contributed by atoms with E-state index >= 15 is 0 Å². The number of rotatable bonds is 5. The number of piperidine rings is 1. The standard InChI is InChI=1S/C16H27N3O3S/c1-5-19-12(2)10-15(13(19)3)16(20)18-8-6-14(7-9-18)11-17-23(4,21)22/h10,14,17H,5-9,11H2,1-4H3. The fraction of sp³-hybridized carbons (Fsp3) is 0.688. The summed E-state index contributed by atoms with van der Waals surface area (Å²) in [6.07, 6.45) is 2.84. The van der Waals surface area contributed by atoms with Crippen molar-refractivity contribution < 1.29 is 13.2 Å². The Labute approximate surface area is 138 Å². The maximum Gasteiger partial charge on any atom is 0.255 e. The number of nitrogens with zero attached hydrogens (tertiary/aromatic N) is 2. The Bertz CT molecular complexity index is 671. The average molecular weight is 341 g/mol. The van der Waals surface area contributed by atoms with Crippen molar-refractivity contribution in [1.82, 2.24) is 14.2 Å². The maximum absolute atomic E-state index is 12.7. The molecule has 1 aliphatic heterocycles. The third-order valence-electron chi connectivity index (χ3n) is 4.66. The summed E-state index contributed by atoms with van der Waals surface area (Å²) in [6.45, 7) is 8.79. The molecular formula is C16H27N3O3S. The highest BCUT2D eigenvalue weighted by Gasteiger charge is 2.26. The van der Waals surface area contributed by atoms with Crippen LogP contribution in [0, 0.1) is 19.8 Å². The first kappa shape index (κ1) is 18.0. The average Bonchev–Trinajstić information content (AvgIpc) is 2.78. The molecule has 1 fully saturated rings. The van der Waals surface area contributed by atoms with Gasteiger partial charge in [0, 0.05) is 37.6 Å². The Morgan fingerprint density at radius 3 is 2.39 bits per heavy atom. The zero-order valence-corrected chi connectivity index (χ0v) is 15.2. The Kier molecular flexibility index (Phi) is 5.52. The Balaban J connectivity index is 1.96. The van der Waals surface area contributed by atoms with Crippen molar-refractivity contribution in [1.29, 1.82) is 0 Å². The first-order valence-corrected chi connectivity index (χ1v) is 10.0. The van der Waals surface area contributed by atoms with E-state index in [1.807, 2.05) is 24.8 Å². The fourth-order valence-corrected chi connectivity index (χ4v) is 3.82. The highest BCUT2D eigenvalue weighted by Crippen LogP contribution is 2.22. The van der Waals surface area contributed by atoms with Crippen molar-refractivity contribution in [2.75, 3.05) is 25.9 Å². The molecule has 0 atom stereocenters. The third kappa shape index (κ3) is 4.35. The van der Waals surface area contributed by atoms with E-state index < -0.39 is 10.0 Å². The predicted molar refractivity (Wildman–Crippen MR) is 91.1 cm³/mol. The van der Waals surface area contributed by atoms with Crippen LogP contribution in [0.3, 0.4) is 0 Å². The SMILES string of the molecule is CCn1c(C)cc(C(=O)N2CCC(CNS(C)(=O)=O)CC2)c1C. The van der Waals surface area contributed by atoms with Crippen LogP contribution in [-0.4, -0.2) is 49.7 Å². The highest BCUT2D eigenvalue weighted by molar-refractivity contribution is 7.88. The lowest BCUT2D eigenvalue weighted by atomic mass is 9.96. The van der Waals surface area contributed by atoms with E-state index in [2.05, 4.69) is 16.2 Å². The highest BCUT2D eigenvalue weighted by atomic mass is 32.2. The van der Waals surface area contributed by atoms with Gasteiger partial charge in [0.1, 0.15) is 0 Å². The van der Waals surface area contributed by atoms with E-state index in [0.717, 1.165) is 36.3 Å². The molecule has 1 N–H and O–H groups in total. The van der Waals surface area contributed by atoms with Gasteiger partial charge in [0.15, 0.2) is 0 Å². The molecule has 1 aliphatic rings. The van der Waals surface area contributed by atoms with Crippen LogP contribution in [0.1, 0.15) is 41.5 Å². The minimum absolute atomic E-state index is 0.0901. The number of amides is 1. The number of likely N-dealkylation sites (tertiary alicyclic amines) is 1. The summed E-state index contributed by atoms with van der Waals surface area (Å²) in [5, 5.41) is 0. The number of aromatic nitrogens is 1. The molecule has 0 radical (unpaired) electrons. The molecule has 2 rings (SSSR count). The summed E-state index contributed by atoms with van der Waals surface area (Å²) < 4.78 is 27.0. The number of sulfonamides is 1. The Hall–Kier alpha value is -1.34. The van der Waals surface area contributed by atoms with Crippen LogP contribution in [0.2, 0.25) is 0 Å². The predicted octanol–water partition coefficient (Wildman–Crippen LogP) is 1.53. The van der Waals surface area contributed by atoms with Gasteiger partial charge in [0.05, 0.1) is 11.8 Å². The number of carbonyl (C=O) groups is 1. The lowest BCUT2D eigenvalue weighted by Crippen LogP contribution is -2.41. The van der Waals surface area contributed by atoms with Crippen LogP contribution in [-0.2, 0) is 16.6 Å². The minimum atomic E-state index is -3.14. The van der Waals surface area contributed by atoms with Gasteiger partial charge < -0.3 is 9.47 Å². The number of aryl methyl sites for hydroxylation is 1. The number of nitrogens with one attached hydrogen (secondary N) is 1. The number of carbonyl (C=O) groups excluding carboxylic acids is 1. The topological polar surface area (TPSA) is 71.4 Å². The molecule has 1 aromatic rings. The monoisotopic (exact) mass is 341 g/mol. The molecule has 2 heterocycles. The van der Waals surface area contributed by atoms with Gasteiger partial charge in [-0.05, 0) is 45.6 Å². The molecule has 130 valence electrons. The summed E-state index contributed by atoms with van der Waals surface area (Å²) in [7, 11) is -3.14. The zero-order chi connectivity index (χ0) is 17.2. The molecule has 0 aromatic carbocycles. The quantitative estimate of drug-likeness (QED) is 0.883. The van der Waals surface area contributed by atoms with Crippen molar-refractivity contribution in [2.24, 2.45) is 5.92 Å². The summed E-state index contributed by atoms with van der Waals surface area (Å²) in [5.41, 5.74) is 2.92. The van der Waals surface area contributed by atoms with Gasteiger partial charge in [-0.3, -0.25) is 4.79 Å². The lowest BCUT2D eigenvalue weighted by Gasteiger charge is -2.32. The fourth-order valence-electron chi connectivity index (χ4n) is 3.28. The summed E-state index contributed by atoms with van der Waals surface area (Å²) in [6, 6.07) is 1.97. The van der Waals surface area contributed by atoms with Crippen LogP contribution in [0.15, 0.2) is 6.07 Å². The van der Waals surface area contributed by atoms with Crippen molar-refractivity contribution in [3.05, 3.63) is 23.0 Å². The molecule has 7 heteroatoms. The normalized spacial score (nSPS) is 16.8. The molecule has 0 unspecified atom stereocenters. The molecular weight excluding hydrogens is 314 g/mol. The second kappa shape index (κ2) is 7.05. The molecule has 1 amide bonds. The van der Waals surface area contributed by atoms with Crippen LogP contribution < -0.4 is 4.72 Å². The molecule has 0 spiro atoms. The van der Waals surface area contributed by atoms with Crippen LogP contribution in [0.25, 0.3) is 0 Å². The van der Waals surface area contributed by atoms with Gasteiger partial charge in [0.2, 0.25) is 10.0 Å². The zero-order valence-electron chi connectivity index (χ0n) is 14.4. The Morgan fingerprint density at radius 1 is 1.30 bits per heavy atom. The molecule has 23 heavy (non-hydrogen) atoms. The van der Waals surface area contributed by atoms with Crippen molar-refractivity contribution in [3.8, 4) is 0 Å². The van der Waals surface area contributed by atoms with Crippen LogP contribution >= 0.6 is 0 Å². The van der Waals surface area contributed by atoms with Gasteiger partial charge in [0.25, 0.3) is 5.91 Å². The van der Waals surface area contributed by atoms with E-state index in [9.17, 15) is 13.2 Å². The van der Waals surface area contributed by atoms with E-state index in [0.29, 0.717) is 25.6 Å².